The number of nitrogens with one attached hydrogen (secondary N) is 1. The van der Waals surface area contributed by atoms with Gasteiger partial charge in [-0.05, 0) is 56.2 Å². The maximum absolute atomic E-state index is 12.6. The number of thioether (sulfide) groups is 1. The van der Waals surface area contributed by atoms with E-state index in [1.165, 1.54) is 36.0 Å². The minimum Gasteiger partial charge on any atom is -0.467 e. The number of hydrogen-bond donors (Lipinski definition) is 1. The predicted molar refractivity (Wildman–Crippen MR) is 107 cm³/mol. The fourth-order valence-electron chi connectivity index (χ4n) is 2.91. The summed E-state index contributed by atoms with van der Waals surface area (Å²) in [6.07, 6.45) is 3.79. The zero-order valence-corrected chi connectivity index (χ0v) is 16.9. The maximum atomic E-state index is 12.6. The van der Waals surface area contributed by atoms with Crippen LogP contribution in [0.3, 0.4) is 0 Å². The van der Waals surface area contributed by atoms with Crippen molar-refractivity contribution >= 4 is 23.4 Å². The summed E-state index contributed by atoms with van der Waals surface area (Å²) in [4.78, 5) is 12.6. The van der Waals surface area contributed by atoms with Crippen molar-refractivity contribution in [3.63, 3.8) is 0 Å². The largest absolute Gasteiger partial charge is 0.467 e. The number of furan rings is 1. The van der Waals surface area contributed by atoms with Gasteiger partial charge in [0.25, 0.3) is 0 Å². The topological polar surface area (TPSA) is 82.2 Å². The number of anilines is 1. The predicted octanol–water partition coefficient (Wildman–Crippen LogP) is 4.52. The number of amides is 1. The number of rotatable bonds is 9. The Bertz CT molecular complexity index is 988. The van der Waals surface area contributed by atoms with E-state index in [0.717, 1.165) is 24.4 Å². The summed E-state index contributed by atoms with van der Waals surface area (Å²) in [6, 6.07) is 9.50. The number of aromatic nitrogens is 3. The lowest BCUT2D eigenvalue weighted by atomic mass is 10.3. The van der Waals surface area contributed by atoms with Crippen LogP contribution >= 0.6 is 11.8 Å². The molecule has 4 rings (SSSR count). The highest BCUT2D eigenvalue weighted by Crippen LogP contribution is 2.40. The number of carbonyl (C=O) groups excluding carboxylic acids is 1. The quantitative estimate of drug-likeness (QED) is 0.499. The van der Waals surface area contributed by atoms with Gasteiger partial charge >= 0.3 is 6.61 Å². The van der Waals surface area contributed by atoms with Gasteiger partial charge in [-0.3, -0.25) is 9.36 Å². The van der Waals surface area contributed by atoms with Crippen LogP contribution in [-0.4, -0.2) is 32.5 Å². The van der Waals surface area contributed by atoms with Crippen molar-refractivity contribution in [3.05, 3.63) is 54.2 Å². The summed E-state index contributed by atoms with van der Waals surface area (Å²) in [5, 5.41) is 11.6. The number of carbonyl (C=O) groups is 1. The van der Waals surface area contributed by atoms with Gasteiger partial charge in [0.15, 0.2) is 5.16 Å². The summed E-state index contributed by atoms with van der Waals surface area (Å²) in [5.74, 6) is 1.91. The smallest absolute Gasteiger partial charge is 0.387 e. The van der Waals surface area contributed by atoms with Crippen molar-refractivity contribution in [3.8, 4) is 5.75 Å². The van der Waals surface area contributed by atoms with Gasteiger partial charge in [-0.25, -0.2) is 0 Å². The molecule has 0 saturated heterocycles. The Balaban J connectivity index is 1.42. The number of nitrogens with zero attached hydrogens (tertiary/aromatic N) is 3. The van der Waals surface area contributed by atoms with E-state index in [1.807, 2.05) is 16.7 Å². The Morgan fingerprint density at radius 3 is 2.70 bits per heavy atom. The van der Waals surface area contributed by atoms with Crippen LogP contribution in [0.25, 0.3) is 0 Å². The van der Waals surface area contributed by atoms with Gasteiger partial charge < -0.3 is 14.5 Å². The molecule has 2 aromatic heterocycles. The standard InChI is InChI=1S/C20H20F2N4O3S/c1-12(18(27)23-14-6-8-15(9-7-14)29-19(21)22)30-20-25-24-17(13-4-5-13)26(20)11-16-3-2-10-28-16/h2-3,6-10,12-13,19H,4-5,11H2,1H3,(H,23,27). The number of alkyl halides is 2. The summed E-state index contributed by atoms with van der Waals surface area (Å²) in [6.45, 7) is -0.605. The molecular formula is C20H20F2N4O3S. The number of halogens is 2. The summed E-state index contributed by atoms with van der Waals surface area (Å²) in [7, 11) is 0. The zero-order valence-electron chi connectivity index (χ0n) is 16.1. The van der Waals surface area contributed by atoms with Crippen molar-refractivity contribution < 1.29 is 22.7 Å². The third kappa shape index (κ3) is 4.99. The molecule has 10 heteroatoms. The van der Waals surface area contributed by atoms with E-state index in [1.54, 1.807) is 13.2 Å². The minimum absolute atomic E-state index is 0.0315. The Kier molecular flexibility index (Phi) is 6.03. The lowest BCUT2D eigenvalue weighted by Gasteiger charge is -2.13. The fraction of sp³-hybridized carbons (Fsp3) is 0.350. The molecule has 1 aromatic carbocycles. The molecule has 1 saturated carbocycles. The third-order valence-electron chi connectivity index (χ3n) is 4.58. The van der Waals surface area contributed by atoms with Crippen molar-refractivity contribution in [1.82, 2.24) is 14.8 Å². The van der Waals surface area contributed by atoms with Gasteiger partial charge in [-0.1, -0.05) is 11.8 Å². The zero-order chi connectivity index (χ0) is 21.1. The van der Waals surface area contributed by atoms with Crippen LogP contribution in [0.4, 0.5) is 14.5 Å². The van der Waals surface area contributed by atoms with Crippen molar-refractivity contribution in [2.24, 2.45) is 0 Å². The fourth-order valence-corrected chi connectivity index (χ4v) is 3.77. The van der Waals surface area contributed by atoms with E-state index >= 15 is 0 Å². The first kappa shape index (κ1) is 20.4. The van der Waals surface area contributed by atoms with Crippen molar-refractivity contribution in [1.29, 1.82) is 0 Å². The van der Waals surface area contributed by atoms with Crippen LogP contribution in [0.1, 0.15) is 37.3 Å². The SMILES string of the molecule is CC(Sc1nnc(C2CC2)n1Cc1ccco1)C(=O)Nc1ccc(OC(F)F)cc1. The molecule has 158 valence electrons. The second kappa shape index (κ2) is 8.86. The van der Waals surface area contributed by atoms with Crippen LogP contribution in [0, 0.1) is 0 Å². The van der Waals surface area contributed by atoms with E-state index in [0.29, 0.717) is 23.3 Å². The second-order valence-electron chi connectivity index (χ2n) is 6.93. The summed E-state index contributed by atoms with van der Waals surface area (Å²) >= 11 is 1.31. The van der Waals surface area contributed by atoms with Gasteiger partial charge in [-0.15, -0.1) is 10.2 Å². The molecule has 1 aliphatic rings. The first-order chi connectivity index (χ1) is 14.5. The highest BCUT2D eigenvalue weighted by Gasteiger charge is 2.31. The first-order valence-electron chi connectivity index (χ1n) is 9.47. The van der Waals surface area contributed by atoms with Crippen molar-refractivity contribution in [2.75, 3.05) is 5.32 Å². The second-order valence-corrected chi connectivity index (χ2v) is 8.24. The Morgan fingerprint density at radius 2 is 2.07 bits per heavy atom. The molecule has 7 nitrogen and oxygen atoms in total. The molecule has 30 heavy (non-hydrogen) atoms. The monoisotopic (exact) mass is 434 g/mol. The molecule has 1 N–H and O–H groups in total. The average molecular weight is 434 g/mol. The Hall–Kier alpha value is -2.88. The van der Waals surface area contributed by atoms with Crippen LogP contribution in [0.15, 0.2) is 52.2 Å². The Labute approximate surface area is 175 Å². The number of benzene rings is 1. The van der Waals surface area contributed by atoms with E-state index in [-0.39, 0.29) is 11.7 Å². The molecular weight excluding hydrogens is 414 g/mol. The van der Waals surface area contributed by atoms with Crippen LogP contribution < -0.4 is 10.1 Å². The van der Waals surface area contributed by atoms with E-state index in [2.05, 4.69) is 20.3 Å². The number of hydrogen-bond acceptors (Lipinski definition) is 6. The summed E-state index contributed by atoms with van der Waals surface area (Å²) in [5.41, 5.74) is 0.491. The highest BCUT2D eigenvalue weighted by molar-refractivity contribution is 8.00. The maximum Gasteiger partial charge on any atom is 0.387 e. The van der Waals surface area contributed by atoms with Crippen LogP contribution in [0.2, 0.25) is 0 Å². The van der Waals surface area contributed by atoms with Gasteiger partial charge in [0, 0.05) is 11.6 Å². The van der Waals surface area contributed by atoms with Crippen LogP contribution in [-0.2, 0) is 11.3 Å². The normalized spacial score (nSPS) is 14.7. The third-order valence-corrected chi connectivity index (χ3v) is 5.66. The van der Waals surface area contributed by atoms with Gasteiger partial charge in [0.05, 0.1) is 18.1 Å². The molecule has 0 aliphatic heterocycles. The van der Waals surface area contributed by atoms with Gasteiger partial charge in [0.1, 0.15) is 17.3 Å². The minimum atomic E-state index is -2.89. The van der Waals surface area contributed by atoms with Gasteiger partial charge in [-0.2, -0.15) is 8.78 Å². The number of ether oxygens (including phenoxy) is 1. The van der Waals surface area contributed by atoms with Crippen molar-refractivity contribution in [2.45, 2.75) is 49.2 Å². The molecule has 1 fully saturated rings. The van der Waals surface area contributed by atoms with Crippen LogP contribution in [0.5, 0.6) is 5.75 Å². The lowest BCUT2D eigenvalue weighted by Crippen LogP contribution is -2.23. The van der Waals surface area contributed by atoms with Gasteiger partial charge in [0.2, 0.25) is 5.91 Å². The molecule has 2 heterocycles. The molecule has 0 radical (unpaired) electrons. The molecule has 0 bridgehead atoms. The molecule has 0 spiro atoms. The molecule has 1 amide bonds. The van der Waals surface area contributed by atoms with E-state index in [9.17, 15) is 13.6 Å². The Morgan fingerprint density at radius 1 is 1.30 bits per heavy atom. The average Bonchev–Trinajstić information content (AvgIpc) is 3.28. The van der Waals surface area contributed by atoms with E-state index < -0.39 is 11.9 Å². The van der Waals surface area contributed by atoms with E-state index in [4.69, 9.17) is 4.42 Å². The molecule has 3 aromatic rings. The summed E-state index contributed by atoms with van der Waals surface area (Å²) < 4.78 is 36.2. The first-order valence-corrected chi connectivity index (χ1v) is 10.4. The molecule has 1 aliphatic carbocycles. The molecule has 1 atom stereocenters. The highest BCUT2D eigenvalue weighted by atomic mass is 32.2. The lowest BCUT2D eigenvalue weighted by molar-refractivity contribution is -0.115. The molecule has 1 unspecified atom stereocenters.